The number of fused-ring (bicyclic) bond motifs is 1. The number of rotatable bonds is 30. The Morgan fingerprint density at radius 1 is 0.850 bits per heavy atom. The number of β-amino-alcohol motifs (C(OH)–C–C–N with tert-alkyl or cyclic N) is 1. The number of piperazine rings is 2. The number of aromatic amines is 1. The van der Waals surface area contributed by atoms with Crippen LogP contribution in [0.1, 0.15) is 159 Å². The molecule has 1 unspecified atom stereocenters. The number of unbranched alkanes of at least 4 members (excludes halogenated alkanes) is 5. The lowest BCUT2D eigenvalue weighted by molar-refractivity contribution is -0.384. The van der Waals surface area contributed by atoms with E-state index in [0.29, 0.717) is 43.6 Å². The summed E-state index contributed by atoms with van der Waals surface area (Å²) in [5, 5.41) is 39.4. The molecule has 0 spiro atoms. The minimum atomic E-state index is -4.62. The molecule has 107 heavy (non-hydrogen) atoms. The first-order valence-electron chi connectivity index (χ1n) is 38.3. The van der Waals surface area contributed by atoms with E-state index in [-0.39, 0.29) is 53.1 Å². The van der Waals surface area contributed by atoms with Crippen LogP contribution in [0.5, 0.6) is 11.5 Å². The molecule has 3 amide bonds. The van der Waals surface area contributed by atoms with E-state index in [1.165, 1.54) is 46.4 Å². The van der Waals surface area contributed by atoms with Crippen LogP contribution in [0.3, 0.4) is 0 Å². The van der Waals surface area contributed by atoms with Gasteiger partial charge in [-0.2, -0.15) is 0 Å². The number of H-pyrrole nitrogens is 1. The van der Waals surface area contributed by atoms with E-state index in [1.54, 1.807) is 40.9 Å². The summed E-state index contributed by atoms with van der Waals surface area (Å²) >= 11 is 7.75. The zero-order valence-corrected chi connectivity index (χ0v) is 65.4. The summed E-state index contributed by atoms with van der Waals surface area (Å²) in [7, 11) is -4.62. The van der Waals surface area contributed by atoms with Gasteiger partial charge in [-0.1, -0.05) is 120 Å². The first-order chi connectivity index (χ1) is 51.2. The molecule has 0 radical (unpaired) electrons. The maximum absolute atomic E-state index is 14.4. The molecule has 4 aromatic carbocycles. The average molecular weight is 1520 g/mol. The monoisotopic (exact) mass is 1520 g/mol. The summed E-state index contributed by atoms with van der Waals surface area (Å²) in [6.07, 6.45) is 16.4. The fourth-order valence-electron chi connectivity index (χ4n) is 16.1. The number of amides is 3. The Kier molecular flexibility index (Phi) is 25.5. The van der Waals surface area contributed by atoms with E-state index in [1.807, 2.05) is 83.1 Å². The lowest BCUT2D eigenvalue weighted by Gasteiger charge is -2.42. The number of carbonyl (C=O) groups excluding carboxylic acids is 3. The molecule has 4 atom stereocenters. The van der Waals surface area contributed by atoms with E-state index in [0.717, 1.165) is 174 Å². The highest BCUT2D eigenvalue weighted by Gasteiger charge is 2.46. The maximum atomic E-state index is 14.4. The molecule has 23 nitrogen and oxygen atoms in total. The van der Waals surface area contributed by atoms with Gasteiger partial charge in [0.2, 0.25) is 11.8 Å². The highest BCUT2D eigenvalue weighted by molar-refractivity contribution is 7.90. The van der Waals surface area contributed by atoms with Crippen LogP contribution in [-0.2, 0) is 25.3 Å². The van der Waals surface area contributed by atoms with Gasteiger partial charge in [0, 0.05) is 119 Å². The topological polar surface area (TPSA) is 276 Å². The van der Waals surface area contributed by atoms with Crippen molar-refractivity contribution in [3.63, 3.8) is 0 Å². The number of aryl methyl sites for hydroxylation is 1. The van der Waals surface area contributed by atoms with Gasteiger partial charge < -0.3 is 50.8 Å². The number of sulfonamides is 1. The number of aliphatic hydroxyl groups is 1. The number of nitro groups is 1. The number of hydrogen-bond acceptors (Lipinski definition) is 19. The molecule has 7 aromatic rings. The Morgan fingerprint density at radius 3 is 2.28 bits per heavy atom. The Morgan fingerprint density at radius 2 is 1.57 bits per heavy atom. The van der Waals surface area contributed by atoms with Crippen molar-refractivity contribution in [3.8, 4) is 11.5 Å². The summed E-state index contributed by atoms with van der Waals surface area (Å²) in [5.74, 6) is -0.711. The molecular weight excluding hydrogens is 1410 g/mol. The Hall–Kier alpha value is -8.01. The quantitative estimate of drug-likeness (QED) is 0.00954. The number of anilines is 3. The molecule has 3 aliphatic heterocycles. The first kappa shape index (κ1) is 78.6. The molecule has 2 aliphatic carbocycles. The van der Waals surface area contributed by atoms with Crippen LogP contribution in [0.2, 0.25) is 5.02 Å². The summed E-state index contributed by atoms with van der Waals surface area (Å²) in [4.78, 5) is 78.0. The number of benzene rings is 4. The number of nitrogens with zero attached hydrogens (tertiary/aromatic N) is 8. The zero-order chi connectivity index (χ0) is 75.6. The van der Waals surface area contributed by atoms with Crippen LogP contribution in [0.4, 0.5) is 22.1 Å². The molecule has 5 aliphatic rings. The van der Waals surface area contributed by atoms with E-state index in [4.69, 9.17) is 16.3 Å². The third-order valence-corrected chi connectivity index (χ3v) is 24.9. The molecule has 0 bridgehead atoms. The number of allylic oxidation sites excluding steroid dienone is 1. The SMILES string of the molecule is Cc1ncsc1N[C@](C)(NC(=O)[C@@H]1C[C@@H](O)CN1C(=O)C(NCCCCCCCCN1CCN(C2CCC(CNc3ccc(S(=O)(=O)NC(=O)c4ccc(N5CCN(CC6=C(c7ccc(Cl)cc7)CC(C)(C)CC6)CC5)cc4Oc4cnc5[nH]ccc5c4)cc3[N+](=O)[O-])CC2)CC1)C(C)(C)C)c1ccccc1. The summed E-state index contributed by atoms with van der Waals surface area (Å²) in [6.45, 7) is 25.0. The minimum Gasteiger partial charge on any atom is -0.455 e. The number of likely N-dealkylation sites (tertiary alicyclic amines) is 1. The van der Waals surface area contributed by atoms with Crippen molar-refractivity contribution < 1.29 is 37.6 Å². The van der Waals surface area contributed by atoms with Crippen molar-refractivity contribution in [3.05, 3.63) is 164 Å². The minimum absolute atomic E-state index is 0.0417. The van der Waals surface area contributed by atoms with Crippen molar-refractivity contribution in [2.45, 2.75) is 173 Å². The number of thiazole rings is 1. The summed E-state index contributed by atoms with van der Waals surface area (Å²) in [6, 6.07) is 29.4. The second-order valence-electron chi connectivity index (χ2n) is 32.0. The van der Waals surface area contributed by atoms with Crippen molar-refractivity contribution in [1.29, 1.82) is 0 Å². The molecule has 1 saturated carbocycles. The molecule has 26 heteroatoms. The van der Waals surface area contributed by atoms with Gasteiger partial charge in [-0.15, -0.1) is 11.3 Å². The van der Waals surface area contributed by atoms with Gasteiger partial charge in [0.1, 0.15) is 39.5 Å². The van der Waals surface area contributed by atoms with Crippen LogP contribution < -0.4 is 35.6 Å². The van der Waals surface area contributed by atoms with Gasteiger partial charge in [0.15, 0.2) is 0 Å². The predicted octanol–water partition coefficient (Wildman–Crippen LogP) is 13.6. The van der Waals surface area contributed by atoms with Crippen molar-refractivity contribution in [2.75, 3.05) is 101 Å². The van der Waals surface area contributed by atoms with Gasteiger partial charge in [-0.05, 0) is 167 Å². The normalized spacial score (nSPS) is 20.7. The number of pyridine rings is 1. The van der Waals surface area contributed by atoms with Gasteiger partial charge in [0.05, 0.1) is 44.9 Å². The van der Waals surface area contributed by atoms with E-state index in [9.17, 15) is 38.0 Å². The number of nitrogens with one attached hydrogen (secondary N) is 6. The highest BCUT2D eigenvalue weighted by Crippen LogP contribution is 2.44. The van der Waals surface area contributed by atoms with E-state index < -0.39 is 60.7 Å². The number of aliphatic hydroxyl groups excluding tert-OH is 1. The van der Waals surface area contributed by atoms with Crippen molar-refractivity contribution in [2.24, 2.45) is 16.7 Å². The standard InChI is InChI=1S/C81H107ClN14O9S2/c1-55-77(106-54-87-55)89-81(7,60-17-13-12-14-18-60)88-76(99)71-47-64(97)53-95(71)78(100)73(79(2,3)4)83-34-15-10-8-9-11-16-36-91-37-41-93(42-38-91)62-25-19-56(20-26-62)50-85-69-30-28-66(48-70(69)96(101)102)107(103,104)90-75(98)67-29-27-63(46-72(67)105-65-45-58-32-35-84-74(58)86-51-65)94-43-39-92(40-44-94)52-59-31-33-80(5,6)49-68(59)57-21-23-61(82)24-22-57/h12-14,17-18,21-24,27-30,32,35,45-46,48,51,54,56,62,64,71,73,83,85,89,97H,8-11,15-16,19-20,25-26,31,33-34,36-44,47,49-50,52-53H2,1-7H3,(H,84,86)(H,88,99)(H,90,98)/t56?,62?,64-,71+,73?,81+/m1/s1. The highest BCUT2D eigenvalue weighted by atomic mass is 35.5. The molecule has 7 N–H and O–H groups in total. The van der Waals surface area contributed by atoms with Crippen LogP contribution in [0.15, 0.2) is 132 Å². The zero-order valence-electron chi connectivity index (χ0n) is 63.0. The summed E-state index contributed by atoms with van der Waals surface area (Å²) in [5.41, 5.74) is 7.50. The van der Waals surface area contributed by atoms with Crippen LogP contribution >= 0.6 is 22.9 Å². The predicted molar refractivity (Wildman–Crippen MR) is 425 cm³/mol. The van der Waals surface area contributed by atoms with Gasteiger partial charge in [0.25, 0.3) is 21.6 Å². The number of aromatic nitrogens is 3. The van der Waals surface area contributed by atoms with Crippen molar-refractivity contribution >= 4 is 89.4 Å². The lowest BCUT2D eigenvalue weighted by atomic mass is 9.72. The van der Waals surface area contributed by atoms with Crippen LogP contribution in [0, 0.1) is 33.8 Å². The number of halogens is 1. The third kappa shape index (κ3) is 20.1. The number of hydrogen-bond donors (Lipinski definition) is 7. The fraction of sp³-hybridized carbons (Fsp3) is 0.519. The molecule has 12 rings (SSSR count). The molecule has 3 aromatic heterocycles. The van der Waals surface area contributed by atoms with E-state index in [2.05, 4.69) is 86.5 Å². The van der Waals surface area contributed by atoms with Gasteiger partial charge >= 0.3 is 0 Å². The average Bonchev–Trinajstić information content (AvgIpc) is 1.78. The molecular formula is C81H107ClN14O9S2. The second kappa shape index (κ2) is 34.7. The van der Waals surface area contributed by atoms with E-state index >= 15 is 0 Å². The first-order valence-corrected chi connectivity index (χ1v) is 41.0. The number of ether oxygens (including phenoxy) is 1. The van der Waals surface area contributed by atoms with Crippen LogP contribution in [0.25, 0.3) is 16.6 Å². The smallest absolute Gasteiger partial charge is 0.293 e. The third-order valence-electron chi connectivity index (χ3n) is 22.4. The van der Waals surface area contributed by atoms with Gasteiger partial charge in [-0.3, -0.25) is 34.3 Å². The second-order valence-corrected chi connectivity index (χ2v) is 35.0. The van der Waals surface area contributed by atoms with Crippen LogP contribution in [-0.4, -0.2) is 180 Å². The van der Waals surface area contributed by atoms with Gasteiger partial charge in [-0.25, -0.2) is 23.1 Å². The Balaban J connectivity index is 0.562. The fourth-order valence-corrected chi connectivity index (χ4v) is 18.0. The molecule has 6 heterocycles. The molecule has 4 fully saturated rings. The number of carbonyl (C=O) groups is 3. The maximum Gasteiger partial charge on any atom is 0.293 e. The Labute approximate surface area is 639 Å². The number of nitro benzene ring substituents is 1. The van der Waals surface area contributed by atoms with Crippen molar-refractivity contribution in [1.82, 2.24) is 49.9 Å². The lowest BCUT2D eigenvalue weighted by Crippen LogP contribution is -2.59. The summed E-state index contributed by atoms with van der Waals surface area (Å²) < 4.78 is 36.8. The Bertz CT molecular complexity index is 4370. The molecule has 3 saturated heterocycles. The largest absolute Gasteiger partial charge is 0.455 e. The molecule has 574 valence electrons.